The van der Waals surface area contributed by atoms with E-state index in [0.29, 0.717) is 11.6 Å². The normalized spacial score (nSPS) is 25.2. The molecule has 2 aromatic carbocycles. The molecule has 1 aliphatic rings. The Bertz CT molecular complexity index is 637. The standard InChI is InChI=1S/C16H13ClF2OS/c17-9-12-10-21-16(20-12,11-5-2-1-3-6-11)13-7-4-8-14(18)15(13)19/h1-8,12H,9-10H2. The maximum atomic E-state index is 14.3. The van der Waals surface area contributed by atoms with Crippen LogP contribution >= 0.6 is 23.4 Å². The molecule has 0 aliphatic carbocycles. The molecule has 21 heavy (non-hydrogen) atoms. The summed E-state index contributed by atoms with van der Waals surface area (Å²) in [5.74, 6) is -0.794. The Balaban J connectivity index is 2.16. The first kappa shape index (κ1) is 14.8. The molecule has 1 nitrogen and oxygen atoms in total. The summed E-state index contributed by atoms with van der Waals surface area (Å²) in [5.41, 5.74) is 0.985. The highest BCUT2D eigenvalue weighted by molar-refractivity contribution is 8.00. The van der Waals surface area contributed by atoms with Gasteiger partial charge in [-0.15, -0.1) is 23.4 Å². The molecule has 2 aromatic rings. The van der Waals surface area contributed by atoms with E-state index in [1.54, 1.807) is 6.07 Å². The van der Waals surface area contributed by atoms with Crippen LogP contribution in [0.3, 0.4) is 0 Å². The Morgan fingerprint density at radius 2 is 1.90 bits per heavy atom. The van der Waals surface area contributed by atoms with Crippen LogP contribution in [-0.2, 0) is 9.67 Å². The maximum Gasteiger partial charge on any atom is 0.168 e. The van der Waals surface area contributed by atoms with E-state index in [1.165, 1.54) is 17.8 Å². The van der Waals surface area contributed by atoms with Crippen molar-refractivity contribution in [2.45, 2.75) is 11.0 Å². The first-order valence-electron chi connectivity index (χ1n) is 6.55. The van der Waals surface area contributed by atoms with E-state index >= 15 is 0 Å². The molecule has 5 heteroatoms. The van der Waals surface area contributed by atoms with Crippen LogP contribution in [0.4, 0.5) is 8.78 Å². The monoisotopic (exact) mass is 326 g/mol. The molecule has 0 saturated carbocycles. The number of thioether (sulfide) groups is 1. The Labute approximate surface area is 131 Å². The number of rotatable bonds is 3. The van der Waals surface area contributed by atoms with Crippen molar-refractivity contribution in [1.29, 1.82) is 0 Å². The van der Waals surface area contributed by atoms with E-state index in [4.69, 9.17) is 16.3 Å². The van der Waals surface area contributed by atoms with Crippen LogP contribution in [-0.4, -0.2) is 17.7 Å². The highest BCUT2D eigenvalue weighted by atomic mass is 35.5. The Kier molecular flexibility index (Phi) is 4.20. The molecule has 0 spiro atoms. The van der Waals surface area contributed by atoms with Gasteiger partial charge in [-0.1, -0.05) is 42.5 Å². The number of hydrogen-bond donors (Lipinski definition) is 0. The minimum atomic E-state index is -1.05. The van der Waals surface area contributed by atoms with Crippen molar-refractivity contribution in [1.82, 2.24) is 0 Å². The second kappa shape index (κ2) is 5.95. The second-order valence-electron chi connectivity index (χ2n) is 4.79. The van der Waals surface area contributed by atoms with Gasteiger partial charge in [0.1, 0.15) is 0 Å². The van der Waals surface area contributed by atoms with Gasteiger partial charge in [0.2, 0.25) is 0 Å². The molecule has 0 aromatic heterocycles. The first-order valence-corrected chi connectivity index (χ1v) is 8.07. The highest BCUT2D eigenvalue weighted by Crippen LogP contribution is 2.50. The predicted molar refractivity (Wildman–Crippen MR) is 81.6 cm³/mol. The van der Waals surface area contributed by atoms with Gasteiger partial charge < -0.3 is 4.74 Å². The quantitative estimate of drug-likeness (QED) is 0.766. The predicted octanol–water partition coefficient (Wildman–Crippen LogP) is 4.54. The zero-order valence-electron chi connectivity index (χ0n) is 11.1. The number of benzene rings is 2. The van der Waals surface area contributed by atoms with Gasteiger partial charge in [-0.3, -0.25) is 0 Å². The average molecular weight is 327 g/mol. The largest absolute Gasteiger partial charge is 0.350 e. The van der Waals surface area contributed by atoms with Gasteiger partial charge >= 0.3 is 0 Å². The summed E-state index contributed by atoms with van der Waals surface area (Å²) in [6, 6.07) is 13.5. The molecule has 0 radical (unpaired) electrons. The van der Waals surface area contributed by atoms with E-state index in [2.05, 4.69) is 0 Å². The summed E-state index contributed by atoms with van der Waals surface area (Å²) >= 11 is 7.31. The topological polar surface area (TPSA) is 9.23 Å². The van der Waals surface area contributed by atoms with Gasteiger partial charge in [0.25, 0.3) is 0 Å². The number of hydrogen-bond acceptors (Lipinski definition) is 2. The summed E-state index contributed by atoms with van der Waals surface area (Å²) < 4.78 is 34.0. The van der Waals surface area contributed by atoms with Gasteiger partial charge in [-0.05, 0) is 11.6 Å². The lowest BCUT2D eigenvalue weighted by Crippen LogP contribution is -2.28. The van der Waals surface area contributed by atoms with E-state index in [-0.39, 0.29) is 11.7 Å². The summed E-state index contributed by atoms with van der Waals surface area (Å²) in [6.07, 6.45) is -0.195. The summed E-state index contributed by atoms with van der Waals surface area (Å²) in [6.45, 7) is 0. The van der Waals surface area contributed by atoms with Crippen molar-refractivity contribution in [3.63, 3.8) is 0 Å². The molecule has 2 atom stereocenters. The Hall–Kier alpha value is -1.10. The van der Waals surface area contributed by atoms with Gasteiger partial charge in [0, 0.05) is 17.2 Å². The molecule has 0 bridgehead atoms. The number of alkyl halides is 1. The fourth-order valence-corrected chi connectivity index (χ4v) is 4.18. The van der Waals surface area contributed by atoms with Crippen molar-refractivity contribution >= 4 is 23.4 Å². The van der Waals surface area contributed by atoms with Crippen molar-refractivity contribution < 1.29 is 13.5 Å². The van der Waals surface area contributed by atoms with Gasteiger partial charge in [0.15, 0.2) is 16.6 Å². The zero-order valence-corrected chi connectivity index (χ0v) is 12.6. The smallest absolute Gasteiger partial charge is 0.168 e. The molecule has 1 heterocycles. The lowest BCUT2D eigenvalue weighted by Gasteiger charge is -2.30. The lowest BCUT2D eigenvalue weighted by molar-refractivity contribution is 0.0246. The molecule has 1 aliphatic heterocycles. The molecule has 2 unspecified atom stereocenters. The molecule has 1 saturated heterocycles. The van der Waals surface area contributed by atoms with Crippen LogP contribution in [0.5, 0.6) is 0 Å². The van der Waals surface area contributed by atoms with Crippen LogP contribution < -0.4 is 0 Å². The third kappa shape index (κ3) is 2.56. The third-order valence-electron chi connectivity index (χ3n) is 3.44. The minimum absolute atomic E-state index is 0.195. The fraction of sp³-hybridized carbons (Fsp3) is 0.250. The first-order chi connectivity index (χ1) is 10.2. The maximum absolute atomic E-state index is 14.3. The minimum Gasteiger partial charge on any atom is -0.350 e. The molecule has 3 rings (SSSR count). The lowest BCUT2D eigenvalue weighted by atomic mass is 9.99. The third-order valence-corrected chi connectivity index (χ3v) is 5.28. The van der Waals surface area contributed by atoms with Crippen molar-refractivity contribution in [3.05, 3.63) is 71.3 Å². The molecule has 110 valence electrons. The molecule has 1 fully saturated rings. The number of halogens is 3. The SMILES string of the molecule is Fc1cccc(C2(c3ccccc3)OC(CCl)CS2)c1F. The summed E-state index contributed by atoms with van der Waals surface area (Å²) in [5, 5.41) is 0. The molecular formula is C16H13ClF2OS. The summed E-state index contributed by atoms with van der Waals surface area (Å²) in [7, 11) is 0. The average Bonchev–Trinajstić information content (AvgIpc) is 2.96. The van der Waals surface area contributed by atoms with Gasteiger partial charge in [-0.2, -0.15) is 0 Å². The van der Waals surface area contributed by atoms with Gasteiger partial charge in [-0.25, -0.2) is 8.78 Å². The number of ether oxygens (including phenoxy) is 1. The summed E-state index contributed by atoms with van der Waals surface area (Å²) in [4.78, 5) is -1.05. The van der Waals surface area contributed by atoms with Crippen LogP contribution in [0.25, 0.3) is 0 Å². The van der Waals surface area contributed by atoms with Crippen LogP contribution in [0.15, 0.2) is 48.5 Å². The highest BCUT2D eigenvalue weighted by Gasteiger charge is 2.46. The van der Waals surface area contributed by atoms with Crippen molar-refractivity contribution in [2.24, 2.45) is 0 Å². The molecule has 0 amide bonds. The van der Waals surface area contributed by atoms with E-state index < -0.39 is 16.6 Å². The van der Waals surface area contributed by atoms with Gasteiger partial charge in [0.05, 0.1) is 6.10 Å². The van der Waals surface area contributed by atoms with Crippen LogP contribution in [0.2, 0.25) is 0 Å². The van der Waals surface area contributed by atoms with E-state index in [1.807, 2.05) is 30.3 Å². The van der Waals surface area contributed by atoms with Crippen molar-refractivity contribution in [2.75, 3.05) is 11.6 Å². The zero-order chi connectivity index (χ0) is 14.9. The van der Waals surface area contributed by atoms with E-state index in [9.17, 15) is 8.78 Å². The second-order valence-corrected chi connectivity index (χ2v) is 6.29. The Morgan fingerprint density at radius 1 is 1.14 bits per heavy atom. The molecular weight excluding hydrogens is 314 g/mol. The Morgan fingerprint density at radius 3 is 2.57 bits per heavy atom. The van der Waals surface area contributed by atoms with Crippen molar-refractivity contribution in [3.8, 4) is 0 Å². The fourth-order valence-electron chi connectivity index (χ4n) is 2.45. The molecule has 0 N–H and O–H groups in total. The van der Waals surface area contributed by atoms with Crippen LogP contribution in [0, 0.1) is 11.6 Å². The van der Waals surface area contributed by atoms with E-state index in [0.717, 1.165) is 11.6 Å². The van der Waals surface area contributed by atoms with Crippen LogP contribution in [0.1, 0.15) is 11.1 Å².